The van der Waals surface area contributed by atoms with Crippen LogP contribution in [0.2, 0.25) is 5.02 Å². The van der Waals surface area contributed by atoms with Crippen LogP contribution in [0.5, 0.6) is 0 Å². The molecule has 0 spiro atoms. The van der Waals surface area contributed by atoms with Gasteiger partial charge in [0, 0.05) is 24.1 Å². The van der Waals surface area contributed by atoms with E-state index in [4.69, 9.17) is 16.7 Å². The lowest BCUT2D eigenvalue weighted by Crippen LogP contribution is -2.22. The first kappa shape index (κ1) is 22.0. The summed E-state index contributed by atoms with van der Waals surface area (Å²) >= 11 is 6.00. The number of aryl methyl sites for hydroxylation is 1. The zero-order valence-corrected chi connectivity index (χ0v) is 17.8. The molecule has 158 valence electrons. The molecule has 1 amide bonds. The number of rotatable bonds is 7. The van der Waals surface area contributed by atoms with Gasteiger partial charge in [-0.15, -0.1) is 0 Å². The van der Waals surface area contributed by atoms with Crippen LogP contribution in [0, 0.1) is 0 Å². The Kier molecular flexibility index (Phi) is 6.57. The van der Waals surface area contributed by atoms with Crippen molar-refractivity contribution in [3.8, 4) is 16.9 Å². The van der Waals surface area contributed by atoms with Crippen LogP contribution in [0.1, 0.15) is 18.5 Å². The number of amides is 1. The second-order valence-electron chi connectivity index (χ2n) is 6.72. The lowest BCUT2D eigenvalue weighted by Gasteiger charge is -2.11. The zero-order valence-electron chi connectivity index (χ0n) is 16.2. The van der Waals surface area contributed by atoms with Gasteiger partial charge in [-0.2, -0.15) is 5.10 Å². The number of hydroxylamine groups is 2. The highest BCUT2D eigenvalue weighted by atomic mass is 35.5. The molecule has 0 aliphatic heterocycles. The number of nitrogens with two attached hydrogens (primary N) is 1. The van der Waals surface area contributed by atoms with Crippen LogP contribution in [-0.4, -0.2) is 41.4 Å². The molecule has 1 heterocycles. The number of sulfonamides is 1. The fourth-order valence-corrected chi connectivity index (χ4v) is 3.86. The van der Waals surface area contributed by atoms with Crippen LogP contribution >= 0.6 is 11.6 Å². The van der Waals surface area contributed by atoms with Crippen molar-refractivity contribution < 1.29 is 18.4 Å². The first-order valence-electron chi connectivity index (χ1n) is 9.09. The van der Waals surface area contributed by atoms with Crippen LogP contribution in [0.15, 0.2) is 59.5 Å². The fourth-order valence-electron chi connectivity index (χ4n) is 3.02. The van der Waals surface area contributed by atoms with Gasteiger partial charge in [-0.05, 0) is 43.2 Å². The summed E-state index contributed by atoms with van der Waals surface area (Å²) in [5.74, 6) is -0.396. The highest BCUT2D eigenvalue weighted by molar-refractivity contribution is 7.89. The van der Waals surface area contributed by atoms with Crippen molar-refractivity contribution in [3.05, 3.63) is 65.3 Å². The Hall–Kier alpha value is -2.72. The molecular weight excluding hydrogens is 428 g/mol. The molecular formula is C20H21ClN4O4S. The van der Waals surface area contributed by atoms with E-state index in [1.54, 1.807) is 30.3 Å². The van der Waals surface area contributed by atoms with Gasteiger partial charge in [0.25, 0.3) is 0 Å². The van der Waals surface area contributed by atoms with Gasteiger partial charge in [0.2, 0.25) is 15.9 Å². The van der Waals surface area contributed by atoms with Crippen molar-refractivity contribution in [2.45, 2.75) is 24.2 Å². The molecule has 1 aromatic heterocycles. The number of para-hydroxylation sites is 1. The molecule has 0 atom stereocenters. The number of aromatic nitrogens is 2. The molecule has 30 heavy (non-hydrogen) atoms. The molecule has 2 aromatic carbocycles. The van der Waals surface area contributed by atoms with E-state index in [0.29, 0.717) is 40.0 Å². The summed E-state index contributed by atoms with van der Waals surface area (Å²) in [5.41, 5.74) is 2.43. The molecule has 10 heteroatoms. The Bertz CT molecular complexity index is 1160. The van der Waals surface area contributed by atoms with Crippen molar-refractivity contribution in [2.75, 3.05) is 7.05 Å². The van der Waals surface area contributed by atoms with Gasteiger partial charge in [0.1, 0.15) is 4.90 Å². The summed E-state index contributed by atoms with van der Waals surface area (Å²) in [6, 6.07) is 15.3. The highest BCUT2D eigenvalue weighted by Gasteiger charge is 2.19. The van der Waals surface area contributed by atoms with Gasteiger partial charge >= 0.3 is 0 Å². The molecule has 0 unspecified atom stereocenters. The summed E-state index contributed by atoms with van der Waals surface area (Å²) in [4.78, 5) is 11.5. The molecule has 0 bridgehead atoms. The third-order valence-electron chi connectivity index (χ3n) is 4.48. The summed E-state index contributed by atoms with van der Waals surface area (Å²) in [6.07, 6.45) is 1.09. The molecule has 0 radical (unpaired) electrons. The number of carbonyl (C=O) groups excluding carboxylic acids is 1. The molecule has 8 nitrogen and oxygen atoms in total. The summed E-state index contributed by atoms with van der Waals surface area (Å²) in [6.45, 7) is 0. The maximum atomic E-state index is 12.1. The lowest BCUT2D eigenvalue weighted by molar-refractivity contribution is -0.159. The SMILES string of the molecule is CN(O)C(=O)CCCc1cc(-c2ccc(Cl)cc2)n(-c2ccccc2S(N)(=O)=O)n1. The Morgan fingerprint density at radius 3 is 2.50 bits per heavy atom. The van der Waals surface area contributed by atoms with Crippen LogP contribution in [0.4, 0.5) is 0 Å². The van der Waals surface area contributed by atoms with Gasteiger partial charge in [-0.1, -0.05) is 35.9 Å². The standard InChI is InChI=1S/C20H21ClN4O4S/c1-24(27)20(26)8-4-5-16-13-18(14-9-11-15(21)12-10-14)25(23-16)17-6-2-3-7-19(17)30(22,28)29/h2-3,6-7,9-13,27H,4-5,8H2,1H3,(H2,22,28,29). The van der Waals surface area contributed by atoms with E-state index in [2.05, 4.69) is 5.10 Å². The predicted octanol–water partition coefficient (Wildman–Crippen LogP) is 3.01. The predicted molar refractivity (Wildman–Crippen MR) is 113 cm³/mol. The zero-order chi connectivity index (χ0) is 21.9. The minimum atomic E-state index is -3.98. The maximum absolute atomic E-state index is 12.1. The minimum absolute atomic E-state index is 0.0491. The van der Waals surface area contributed by atoms with Crippen LogP contribution in [0.25, 0.3) is 16.9 Å². The van der Waals surface area contributed by atoms with Crippen LogP contribution in [0.3, 0.4) is 0 Å². The number of hydrogen-bond acceptors (Lipinski definition) is 5. The van der Waals surface area contributed by atoms with E-state index < -0.39 is 15.9 Å². The number of benzene rings is 2. The molecule has 0 saturated carbocycles. The van der Waals surface area contributed by atoms with Gasteiger partial charge < -0.3 is 0 Å². The molecule has 0 saturated heterocycles. The second-order valence-corrected chi connectivity index (χ2v) is 8.69. The Balaban J connectivity index is 2.04. The Morgan fingerprint density at radius 1 is 1.20 bits per heavy atom. The quantitative estimate of drug-likeness (QED) is 0.425. The summed E-state index contributed by atoms with van der Waals surface area (Å²) in [7, 11) is -2.70. The number of halogens is 1. The van der Waals surface area contributed by atoms with Gasteiger partial charge in [-0.3, -0.25) is 10.0 Å². The monoisotopic (exact) mass is 448 g/mol. The fraction of sp³-hybridized carbons (Fsp3) is 0.200. The van der Waals surface area contributed by atoms with Crippen LogP contribution in [-0.2, 0) is 21.2 Å². The maximum Gasteiger partial charge on any atom is 0.245 e. The average molecular weight is 449 g/mol. The van der Waals surface area contributed by atoms with Crippen LogP contribution < -0.4 is 5.14 Å². The van der Waals surface area contributed by atoms with Crippen molar-refractivity contribution >= 4 is 27.5 Å². The Labute approximate surface area is 179 Å². The van der Waals surface area contributed by atoms with Gasteiger partial charge in [0.15, 0.2) is 0 Å². The number of carbonyl (C=O) groups is 1. The highest BCUT2D eigenvalue weighted by Crippen LogP contribution is 2.28. The normalized spacial score (nSPS) is 11.5. The van der Waals surface area contributed by atoms with Crippen molar-refractivity contribution in [1.82, 2.24) is 14.8 Å². The Morgan fingerprint density at radius 2 is 1.87 bits per heavy atom. The summed E-state index contributed by atoms with van der Waals surface area (Å²) in [5, 5.41) is 20.3. The molecule has 3 aromatic rings. The average Bonchev–Trinajstić information content (AvgIpc) is 3.11. The molecule has 3 N–H and O–H groups in total. The number of hydrogen-bond donors (Lipinski definition) is 2. The van der Waals surface area contributed by atoms with E-state index >= 15 is 0 Å². The minimum Gasteiger partial charge on any atom is -0.286 e. The molecule has 0 fully saturated rings. The molecule has 0 aliphatic carbocycles. The van der Waals surface area contributed by atoms with E-state index in [1.165, 1.54) is 17.8 Å². The third-order valence-corrected chi connectivity index (χ3v) is 5.69. The van der Waals surface area contributed by atoms with Crippen molar-refractivity contribution in [1.29, 1.82) is 0 Å². The van der Waals surface area contributed by atoms with Gasteiger partial charge in [0.05, 0.1) is 17.1 Å². The van der Waals surface area contributed by atoms with E-state index in [9.17, 15) is 18.4 Å². The number of primary sulfonamides is 1. The largest absolute Gasteiger partial charge is 0.286 e. The molecule has 0 aliphatic rings. The summed E-state index contributed by atoms with van der Waals surface area (Å²) < 4.78 is 25.7. The van der Waals surface area contributed by atoms with E-state index in [0.717, 1.165) is 5.56 Å². The van der Waals surface area contributed by atoms with E-state index in [-0.39, 0.29) is 11.3 Å². The van der Waals surface area contributed by atoms with Crippen molar-refractivity contribution in [2.24, 2.45) is 5.14 Å². The molecule has 3 rings (SSSR count). The smallest absolute Gasteiger partial charge is 0.245 e. The lowest BCUT2D eigenvalue weighted by atomic mass is 10.1. The second kappa shape index (κ2) is 8.97. The number of nitrogens with zero attached hydrogens (tertiary/aromatic N) is 3. The van der Waals surface area contributed by atoms with Gasteiger partial charge in [-0.25, -0.2) is 23.3 Å². The van der Waals surface area contributed by atoms with Crippen molar-refractivity contribution in [3.63, 3.8) is 0 Å². The topological polar surface area (TPSA) is 119 Å². The first-order chi connectivity index (χ1) is 14.2. The third kappa shape index (κ3) is 5.06. The van der Waals surface area contributed by atoms with E-state index in [1.807, 2.05) is 18.2 Å². The first-order valence-corrected chi connectivity index (χ1v) is 11.0.